The summed E-state index contributed by atoms with van der Waals surface area (Å²) in [4.78, 5) is 9.59. The van der Waals surface area contributed by atoms with E-state index >= 15 is 0 Å². The summed E-state index contributed by atoms with van der Waals surface area (Å²) in [5.74, 6) is 0.296. The zero-order chi connectivity index (χ0) is 11.2. The third kappa shape index (κ3) is 1.22. The predicted molar refractivity (Wildman–Crippen MR) is 64.9 cm³/mol. The Morgan fingerprint density at radius 2 is 2.35 bits per heavy atom. The number of hydrazone groups is 1. The van der Waals surface area contributed by atoms with Crippen LogP contribution in [-0.4, -0.2) is 35.9 Å². The molecule has 0 aromatic heterocycles. The van der Waals surface area contributed by atoms with E-state index in [1.54, 1.807) is 6.34 Å². The number of allylic oxidation sites excluding steroid dienone is 2. The van der Waals surface area contributed by atoms with Crippen LogP contribution in [-0.2, 0) is 4.84 Å². The summed E-state index contributed by atoms with van der Waals surface area (Å²) in [6.07, 6.45) is 7.90. The zero-order valence-electron chi connectivity index (χ0n) is 9.33. The molecule has 0 fully saturated rings. The van der Waals surface area contributed by atoms with E-state index in [0.29, 0.717) is 12.5 Å². The van der Waals surface area contributed by atoms with Gasteiger partial charge < -0.3 is 4.84 Å². The van der Waals surface area contributed by atoms with Crippen LogP contribution in [0.5, 0.6) is 0 Å². The molecule has 0 amide bonds. The highest BCUT2D eigenvalue weighted by Crippen LogP contribution is 2.35. The maximum atomic E-state index is 5.22. The molecular formula is C12H12N4O. The van der Waals surface area contributed by atoms with Crippen molar-refractivity contribution in [3.8, 4) is 0 Å². The lowest BCUT2D eigenvalue weighted by Gasteiger charge is -2.32. The summed E-state index contributed by atoms with van der Waals surface area (Å²) in [5, 5.41) is 10.5. The van der Waals surface area contributed by atoms with Crippen molar-refractivity contribution in [3.05, 3.63) is 23.4 Å². The van der Waals surface area contributed by atoms with Gasteiger partial charge in [0.15, 0.2) is 0 Å². The minimum atomic E-state index is 0.296. The fourth-order valence-corrected chi connectivity index (χ4v) is 2.83. The molecule has 0 radical (unpaired) electrons. The molecule has 0 N–H and O–H groups in total. The molecule has 0 aromatic rings. The summed E-state index contributed by atoms with van der Waals surface area (Å²) in [6, 6.07) is 0. The van der Waals surface area contributed by atoms with Gasteiger partial charge in [-0.3, -0.25) is 5.01 Å². The Morgan fingerprint density at radius 3 is 3.35 bits per heavy atom. The predicted octanol–water partition coefficient (Wildman–Crippen LogP) is 1.31. The highest BCUT2D eigenvalue weighted by molar-refractivity contribution is 6.17. The van der Waals surface area contributed by atoms with Crippen LogP contribution in [0.1, 0.15) is 12.8 Å². The van der Waals surface area contributed by atoms with Crippen LogP contribution in [0.15, 0.2) is 38.7 Å². The van der Waals surface area contributed by atoms with Crippen LogP contribution >= 0.6 is 0 Å². The van der Waals surface area contributed by atoms with Crippen molar-refractivity contribution in [2.75, 3.05) is 13.2 Å². The Labute approximate surface area is 98.8 Å². The molecule has 0 bridgehead atoms. The molecule has 1 aliphatic carbocycles. The molecule has 0 saturated heterocycles. The standard InChI is InChI=1S/C12H12N4O/c1-2-8-9-6-17-15-10(9)3-4-11-12(8)16(5-1)14-7-13-11/h3-4,7,9H,1-2,5-6H2. The van der Waals surface area contributed by atoms with Crippen LogP contribution in [0.2, 0.25) is 0 Å². The molecule has 3 aliphatic heterocycles. The van der Waals surface area contributed by atoms with E-state index in [2.05, 4.69) is 20.3 Å². The van der Waals surface area contributed by atoms with Crippen molar-refractivity contribution in [1.82, 2.24) is 5.01 Å². The Balaban J connectivity index is 1.94. The first-order chi connectivity index (χ1) is 8.43. The molecule has 0 aromatic carbocycles. The van der Waals surface area contributed by atoms with E-state index in [-0.39, 0.29) is 0 Å². The summed E-state index contributed by atoms with van der Waals surface area (Å²) >= 11 is 0. The lowest BCUT2D eigenvalue weighted by Crippen LogP contribution is -2.32. The third-order valence-electron chi connectivity index (χ3n) is 3.61. The molecule has 5 heteroatoms. The van der Waals surface area contributed by atoms with E-state index in [1.807, 2.05) is 12.2 Å². The molecule has 86 valence electrons. The van der Waals surface area contributed by atoms with Crippen molar-refractivity contribution in [3.63, 3.8) is 0 Å². The minimum absolute atomic E-state index is 0.296. The second-order valence-electron chi connectivity index (χ2n) is 4.54. The number of rotatable bonds is 0. The fourth-order valence-electron chi connectivity index (χ4n) is 2.83. The summed E-state index contributed by atoms with van der Waals surface area (Å²) in [7, 11) is 0. The lowest BCUT2D eigenvalue weighted by atomic mass is 9.88. The van der Waals surface area contributed by atoms with Gasteiger partial charge in [0, 0.05) is 6.54 Å². The molecule has 5 nitrogen and oxygen atoms in total. The Morgan fingerprint density at radius 1 is 1.35 bits per heavy atom. The van der Waals surface area contributed by atoms with E-state index in [1.165, 1.54) is 11.3 Å². The molecule has 1 unspecified atom stereocenters. The van der Waals surface area contributed by atoms with E-state index < -0.39 is 0 Å². The second kappa shape index (κ2) is 3.29. The van der Waals surface area contributed by atoms with Crippen molar-refractivity contribution < 1.29 is 4.84 Å². The number of hydrogen-bond acceptors (Lipinski definition) is 5. The SMILES string of the molecule is C1=CC2=NOCC2C2=C3C1=NC=NN3CCC2. The largest absolute Gasteiger partial charge is 0.395 e. The lowest BCUT2D eigenvalue weighted by molar-refractivity contribution is 0.158. The summed E-state index contributed by atoms with van der Waals surface area (Å²) in [5.41, 5.74) is 4.59. The van der Waals surface area contributed by atoms with Gasteiger partial charge in [-0.05, 0) is 30.6 Å². The van der Waals surface area contributed by atoms with Gasteiger partial charge in [-0.25, -0.2) is 4.99 Å². The van der Waals surface area contributed by atoms with E-state index in [0.717, 1.165) is 30.8 Å². The Hall–Kier alpha value is -1.91. The summed E-state index contributed by atoms with van der Waals surface area (Å²) < 4.78 is 0. The molecule has 17 heavy (non-hydrogen) atoms. The van der Waals surface area contributed by atoms with Crippen molar-refractivity contribution >= 4 is 17.8 Å². The quantitative estimate of drug-likeness (QED) is 0.627. The first-order valence-electron chi connectivity index (χ1n) is 5.92. The minimum Gasteiger partial charge on any atom is -0.395 e. The molecule has 4 rings (SSSR count). The van der Waals surface area contributed by atoms with E-state index in [9.17, 15) is 0 Å². The van der Waals surface area contributed by atoms with E-state index in [4.69, 9.17) is 4.84 Å². The highest BCUT2D eigenvalue weighted by atomic mass is 16.6. The molecule has 3 heterocycles. The van der Waals surface area contributed by atoms with Gasteiger partial charge in [-0.2, -0.15) is 5.10 Å². The third-order valence-corrected chi connectivity index (χ3v) is 3.61. The Kier molecular flexibility index (Phi) is 1.77. The first-order valence-corrected chi connectivity index (χ1v) is 5.92. The number of nitrogens with zero attached hydrogens (tertiary/aromatic N) is 4. The monoisotopic (exact) mass is 228 g/mol. The fraction of sp³-hybridized carbons (Fsp3) is 0.417. The average Bonchev–Trinajstić information content (AvgIpc) is 2.78. The van der Waals surface area contributed by atoms with Crippen LogP contribution in [0.25, 0.3) is 0 Å². The van der Waals surface area contributed by atoms with Crippen LogP contribution in [0.4, 0.5) is 0 Å². The first kappa shape index (κ1) is 9.15. The van der Waals surface area contributed by atoms with Crippen LogP contribution in [0.3, 0.4) is 0 Å². The zero-order valence-corrected chi connectivity index (χ0v) is 9.33. The number of oxime groups is 1. The molecule has 1 atom stereocenters. The van der Waals surface area contributed by atoms with Gasteiger partial charge in [0.2, 0.25) is 0 Å². The van der Waals surface area contributed by atoms with Crippen molar-refractivity contribution in [2.24, 2.45) is 21.2 Å². The highest BCUT2D eigenvalue weighted by Gasteiger charge is 2.35. The normalized spacial score (nSPS) is 29.2. The maximum Gasteiger partial charge on any atom is 0.136 e. The average molecular weight is 228 g/mol. The van der Waals surface area contributed by atoms with Gasteiger partial charge in [0.05, 0.1) is 23.0 Å². The van der Waals surface area contributed by atoms with Gasteiger partial charge >= 0.3 is 0 Å². The maximum absolute atomic E-state index is 5.22. The molecule has 0 spiro atoms. The van der Waals surface area contributed by atoms with Crippen molar-refractivity contribution in [2.45, 2.75) is 12.8 Å². The molecule has 0 saturated carbocycles. The number of hydrogen-bond donors (Lipinski definition) is 0. The van der Waals surface area contributed by atoms with Gasteiger partial charge in [0.25, 0.3) is 0 Å². The molecule has 4 aliphatic rings. The second-order valence-corrected chi connectivity index (χ2v) is 4.54. The number of fused-ring (bicyclic) bond motifs is 2. The number of aliphatic imine (C=N–C) groups is 1. The van der Waals surface area contributed by atoms with Gasteiger partial charge in [-0.1, -0.05) is 5.16 Å². The van der Waals surface area contributed by atoms with Crippen molar-refractivity contribution in [1.29, 1.82) is 0 Å². The topological polar surface area (TPSA) is 49.6 Å². The van der Waals surface area contributed by atoms with Gasteiger partial charge in [0.1, 0.15) is 12.9 Å². The summed E-state index contributed by atoms with van der Waals surface area (Å²) in [6.45, 7) is 1.63. The Bertz CT molecular complexity index is 527. The van der Waals surface area contributed by atoms with Gasteiger partial charge in [-0.15, -0.1) is 0 Å². The van der Waals surface area contributed by atoms with Crippen LogP contribution in [0, 0.1) is 5.92 Å². The smallest absolute Gasteiger partial charge is 0.136 e. The van der Waals surface area contributed by atoms with Crippen LogP contribution < -0.4 is 0 Å². The molecular weight excluding hydrogens is 216 g/mol.